The molecule has 0 radical (unpaired) electrons. The molecule has 4 aliphatic rings. The first kappa shape index (κ1) is 24.8. The summed E-state index contributed by atoms with van der Waals surface area (Å²) in [5.41, 5.74) is 2.36. The molecule has 1 aromatic rings. The van der Waals surface area contributed by atoms with E-state index in [1.165, 1.54) is 29.5 Å². The molecule has 0 amide bonds. The van der Waals surface area contributed by atoms with Crippen LogP contribution in [0.5, 0.6) is 0 Å². The predicted octanol–water partition coefficient (Wildman–Crippen LogP) is 6.61. The van der Waals surface area contributed by atoms with Crippen molar-refractivity contribution in [3.63, 3.8) is 0 Å². The SMILES string of the molecule is CC[C@H]1[C@H](COC(=O)C23CCC(C)(C(=O)O2)C3(C)C)[C@]1(C)c1ccc2c(c1)C(C)(C)CCC2(C)C. The Morgan fingerprint density at radius 2 is 1.54 bits per heavy atom. The average molecular weight is 481 g/mol. The topological polar surface area (TPSA) is 52.6 Å². The fraction of sp³-hybridized carbons (Fsp3) is 0.742. The smallest absolute Gasteiger partial charge is 0.351 e. The summed E-state index contributed by atoms with van der Waals surface area (Å²) in [6.45, 7) is 20.3. The average Bonchev–Trinajstić information content (AvgIpc) is 3.28. The Morgan fingerprint density at radius 3 is 2.09 bits per heavy atom. The molecule has 2 saturated carbocycles. The van der Waals surface area contributed by atoms with E-state index < -0.39 is 16.4 Å². The second-order valence-corrected chi connectivity index (χ2v) is 14.2. The lowest BCUT2D eigenvalue weighted by molar-refractivity contribution is -0.183. The van der Waals surface area contributed by atoms with Gasteiger partial charge in [0.15, 0.2) is 0 Å². The highest BCUT2D eigenvalue weighted by molar-refractivity contribution is 5.93. The van der Waals surface area contributed by atoms with E-state index in [9.17, 15) is 9.59 Å². The quantitative estimate of drug-likeness (QED) is 0.445. The summed E-state index contributed by atoms with van der Waals surface area (Å²) in [5.74, 6) is 0.139. The van der Waals surface area contributed by atoms with Crippen LogP contribution >= 0.6 is 0 Å². The van der Waals surface area contributed by atoms with E-state index in [0.29, 0.717) is 25.4 Å². The van der Waals surface area contributed by atoms with Gasteiger partial charge in [0, 0.05) is 16.7 Å². The Morgan fingerprint density at radius 1 is 0.914 bits per heavy atom. The zero-order valence-corrected chi connectivity index (χ0v) is 23.3. The Balaban J connectivity index is 1.38. The normalized spacial score (nSPS) is 39.6. The summed E-state index contributed by atoms with van der Waals surface area (Å²) in [6, 6.07) is 7.16. The number of esters is 2. The lowest BCUT2D eigenvalue weighted by Gasteiger charge is -2.42. The summed E-state index contributed by atoms with van der Waals surface area (Å²) in [7, 11) is 0. The third-order valence-electron chi connectivity index (χ3n) is 11.6. The molecule has 35 heavy (non-hydrogen) atoms. The van der Waals surface area contributed by atoms with E-state index in [4.69, 9.17) is 9.47 Å². The van der Waals surface area contributed by atoms with Crippen LogP contribution in [0.3, 0.4) is 0 Å². The molecule has 5 atom stereocenters. The van der Waals surface area contributed by atoms with Crippen molar-refractivity contribution in [1.82, 2.24) is 0 Å². The van der Waals surface area contributed by atoms with Crippen molar-refractivity contribution in [2.24, 2.45) is 22.7 Å². The van der Waals surface area contributed by atoms with Crippen LogP contribution in [-0.2, 0) is 35.3 Å². The molecule has 3 aliphatic carbocycles. The van der Waals surface area contributed by atoms with Crippen molar-refractivity contribution in [3.8, 4) is 0 Å². The van der Waals surface area contributed by atoms with E-state index in [2.05, 4.69) is 59.7 Å². The summed E-state index contributed by atoms with van der Waals surface area (Å²) in [4.78, 5) is 26.1. The van der Waals surface area contributed by atoms with Gasteiger partial charge in [-0.3, -0.25) is 4.79 Å². The summed E-state index contributed by atoms with van der Waals surface area (Å²) >= 11 is 0. The monoisotopic (exact) mass is 480 g/mol. The van der Waals surface area contributed by atoms with Crippen LogP contribution in [0.4, 0.5) is 0 Å². The van der Waals surface area contributed by atoms with Gasteiger partial charge >= 0.3 is 11.9 Å². The van der Waals surface area contributed by atoms with Crippen LogP contribution in [0.2, 0.25) is 0 Å². The van der Waals surface area contributed by atoms with Gasteiger partial charge < -0.3 is 9.47 Å². The lowest BCUT2D eigenvalue weighted by Crippen LogP contribution is -2.49. The van der Waals surface area contributed by atoms with E-state index >= 15 is 0 Å². The number of hydrogen-bond acceptors (Lipinski definition) is 4. The first-order valence-corrected chi connectivity index (χ1v) is 13.6. The molecule has 1 aromatic carbocycles. The highest BCUT2D eigenvalue weighted by Gasteiger charge is 2.76. The maximum absolute atomic E-state index is 13.5. The molecule has 2 unspecified atom stereocenters. The van der Waals surface area contributed by atoms with Gasteiger partial charge in [-0.1, -0.05) is 80.0 Å². The van der Waals surface area contributed by atoms with Gasteiger partial charge in [-0.2, -0.15) is 0 Å². The highest BCUT2D eigenvalue weighted by atomic mass is 16.6. The molecule has 0 aromatic heterocycles. The molecular weight excluding hydrogens is 436 g/mol. The molecule has 4 heteroatoms. The number of rotatable bonds is 5. The fourth-order valence-corrected chi connectivity index (χ4v) is 8.03. The minimum Gasteiger partial charge on any atom is -0.462 e. The largest absolute Gasteiger partial charge is 0.462 e. The number of benzene rings is 1. The Hall–Kier alpha value is -1.84. The minimum atomic E-state index is -1.15. The van der Waals surface area contributed by atoms with Gasteiger partial charge in [0.2, 0.25) is 5.60 Å². The standard InChI is InChI=1S/C31H44O4/c1-10-20-23(18-34-25(33)31-16-15-29(8,24(32)35-31)28(31,6)7)30(20,9)19-11-12-21-22(17-19)27(4,5)14-13-26(21,2)3/h11-12,17,20,23H,10,13-16,18H2,1-9H3/t20-,23-,29?,30+,31?/m0/s1. The van der Waals surface area contributed by atoms with Crippen molar-refractivity contribution in [1.29, 1.82) is 0 Å². The fourth-order valence-electron chi connectivity index (χ4n) is 8.03. The number of carbonyl (C=O) groups is 2. The minimum absolute atomic E-state index is 0.00847. The van der Waals surface area contributed by atoms with Gasteiger partial charge in [-0.15, -0.1) is 0 Å². The lowest BCUT2D eigenvalue weighted by atomic mass is 9.62. The molecular formula is C31H44O4. The Bertz CT molecular complexity index is 1100. The third kappa shape index (κ3) is 2.98. The maximum atomic E-state index is 13.5. The van der Waals surface area contributed by atoms with Crippen LogP contribution < -0.4 is 0 Å². The van der Waals surface area contributed by atoms with Crippen molar-refractivity contribution < 1.29 is 19.1 Å². The maximum Gasteiger partial charge on any atom is 0.351 e. The third-order valence-corrected chi connectivity index (χ3v) is 11.6. The molecule has 1 heterocycles. The molecule has 2 bridgehead atoms. The van der Waals surface area contributed by atoms with E-state index in [0.717, 1.165) is 6.42 Å². The number of ether oxygens (including phenoxy) is 2. The van der Waals surface area contributed by atoms with E-state index in [-0.39, 0.29) is 34.1 Å². The van der Waals surface area contributed by atoms with Gasteiger partial charge in [0.05, 0.1) is 12.0 Å². The highest BCUT2D eigenvalue weighted by Crippen LogP contribution is 2.66. The predicted molar refractivity (Wildman–Crippen MR) is 137 cm³/mol. The van der Waals surface area contributed by atoms with Crippen molar-refractivity contribution >= 4 is 11.9 Å². The van der Waals surface area contributed by atoms with Crippen LogP contribution in [0.15, 0.2) is 18.2 Å². The molecule has 0 N–H and O–H groups in total. The molecule has 192 valence electrons. The molecule has 5 rings (SSSR count). The zero-order valence-electron chi connectivity index (χ0n) is 23.3. The van der Waals surface area contributed by atoms with Crippen LogP contribution in [0.1, 0.15) is 111 Å². The van der Waals surface area contributed by atoms with Crippen molar-refractivity contribution in [2.75, 3.05) is 6.61 Å². The molecule has 1 saturated heterocycles. The zero-order chi connectivity index (χ0) is 25.8. The molecule has 4 nitrogen and oxygen atoms in total. The van der Waals surface area contributed by atoms with Crippen LogP contribution in [-0.4, -0.2) is 24.1 Å². The second kappa shape index (κ2) is 7.13. The number of hydrogen-bond donors (Lipinski definition) is 0. The second-order valence-electron chi connectivity index (χ2n) is 14.2. The first-order valence-electron chi connectivity index (χ1n) is 13.6. The molecule has 1 aliphatic heterocycles. The summed E-state index contributed by atoms with van der Waals surface area (Å²) in [5, 5.41) is 0. The molecule has 0 spiro atoms. The first-order chi connectivity index (χ1) is 16.1. The Labute approximate surface area is 211 Å². The summed E-state index contributed by atoms with van der Waals surface area (Å²) < 4.78 is 11.8. The molecule has 3 fully saturated rings. The number of carbonyl (C=O) groups excluding carboxylic acids is 2. The number of fused-ring (bicyclic) bond motifs is 3. The van der Waals surface area contributed by atoms with E-state index in [1.54, 1.807) is 0 Å². The van der Waals surface area contributed by atoms with Gasteiger partial charge in [0.25, 0.3) is 0 Å². The van der Waals surface area contributed by atoms with Crippen molar-refractivity contribution in [3.05, 3.63) is 34.9 Å². The Kier molecular flexibility index (Phi) is 5.06. The van der Waals surface area contributed by atoms with Crippen molar-refractivity contribution in [2.45, 2.75) is 116 Å². The van der Waals surface area contributed by atoms with E-state index in [1.807, 2.05) is 20.8 Å². The summed E-state index contributed by atoms with van der Waals surface area (Å²) in [6.07, 6.45) is 4.68. The van der Waals surface area contributed by atoms with Crippen LogP contribution in [0, 0.1) is 22.7 Å². The van der Waals surface area contributed by atoms with Gasteiger partial charge in [-0.05, 0) is 66.0 Å². The van der Waals surface area contributed by atoms with Gasteiger partial charge in [0.1, 0.15) is 0 Å². The van der Waals surface area contributed by atoms with Crippen LogP contribution in [0.25, 0.3) is 0 Å². The van der Waals surface area contributed by atoms with Gasteiger partial charge in [-0.25, -0.2) is 4.79 Å².